The summed E-state index contributed by atoms with van der Waals surface area (Å²) < 4.78 is 13.9. The fourth-order valence-corrected chi connectivity index (χ4v) is 3.42. The maximum atomic E-state index is 13.9. The van der Waals surface area contributed by atoms with Crippen LogP contribution in [0.5, 0.6) is 0 Å². The van der Waals surface area contributed by atoms with Crippen LogP contribution in [0.2, 0.25) is 0 Å². The van der Waals surface area contributed by atoms with Crippen LogP contribution in [0.4, 0.5) is 4.39 Å². The molecule has 3 rings (SSSR count). The van der Waals surface area contributed by atoms with Crippen molar-refractivity contribution in [1.82, 2.24) is 9.88 Å². The summed E-state index contributed by atoms with van der Waals surface area (Å²) in [7, 11) is 0. The van der Waals surface area contributed by atoms with E-state index in [1.54, 1.807) is 18.3 Å². The van der Waals surface area contributed by atoms with Crippen molar-refractivity contribution in [3.05, 3.63) is 41.8 Å². The van der Waals surface area contributed by atoms with E-state index >= 15 is 0 Å². The Balaban J connectivity index is 1.96. The van der Waals surface area contributed by atoms with Gasteiger partial charge in [0.25, 0.3) is 0 Å². The van der Waals surface area contributed by atoms with E-state index in [1.165, 1.54) is 12.8 Å². The molecule has 2 N–H and O–H groups in total. The monoisotopic (exact) mass is 287 g/mol. The predicted octanol–water partition coefficient (Wildman–Crippen LogP) is 3.08. The molecule has 1 aliphatic rings. The van der Waals surface area contributed by atoms with Crippen LogP contribution in [-0.4, -0.2) is 28.5 Å². The van der Waals surface area contributed by atoms with Gasteiger partial charge in [-0.1, -0.05) is 12.5 Å². The highest BCUT2D eigenvalue weighted by atomic mass is 19.1. The molecular formula is C17H22FN3. The molecule has 1 aliphatic heterocycles. The lowest BCUT2D eigenvalue weighted by atomic mass is 9.95. The van der Waals surface area contributed by atoms with E-state index in [2.05, 4.69) is 16.8 Å². The van der Waals surface area contributed by atoms with Gasteiger partial charge in [-0.2, -0.15) is 0 Å². The van der Waals surface area contributed by atoms with E-state index in [4.69, 9.17) is 5.73 Å². The Labute approximate surface area is 125 Å². The van der Waals surface area contributed by atoms with Crippen LogP contribution < -0.4 is 5.73 Å². The third-order valence-corrected chi connectivity index (χ3v) is 4.57. The number of hydrogen-bond acceptors (Lipinski definition) is 3. The zero-order valence-corrected chi connectivity index (χ0v) is 12.4. The number of nitrogens with two attached hydrogens (primary N) is 1. The average Bonchev–Trinajstić information content (AvgIpc) is 2.49. The van der Waals surface area contributed by atoms with Gasteiger partial charge in [0.15, 0.2) is 0 Å². The minimum atomic E-state index is -0.195. The maximum Gasteiger partial charge on any atom is 0.124 e. The molecule has 2 atom stereocenters. The highest BCUT2D eigenvalue weighted by Crippen LogP contribution is 2.27. The second-order valence-electron chi connectivity index (χ2n) is 5.98. The highest BCUT2D eigenvalue weighted by molar-refractivity contribution is 5.81. The third-order valence-electron chi connectivity index (χ3n) is 4.57. The van der Waals surface area contributed by atoms with Gasteiger partial charge in [0.05, 0.1) is 5.52 Å². The minimum Gasteiger partial charge on any atom is -0.329 e. The van der Waals surface area contributed by atoms with Crippen LogP contribution in [0.3, 0.4) is 0 Å². The van der Waals surface area contributed by atoms with Crippen molar-refractivity contribution < 1.29 is 4.39 Å². The lowest BCUT2D eigenvalue weighted by Gasteiger charge is -2.40. The molecule has 1 saturated heterocycles. The van der Waals surface area contributed by atoms with Crippen LogP contribution in [0, 0.1) is 5.82 Å². The predicted molar refractivity (Wildman–Crippen MR) is 83.4 cm³/mol. The average molecular weight is 287 g/mol. The number of pyridine rings is 1. The molecule has 2 heterocycles. The summed E-state index contributed by atoms with van der Waals surface area (Å²) in [5.74, 6) is -0.195. The van der Waals surface area contributed by atoms with Crippen LogP contribution in [0.25, 0.3) is 10.9 Å². The Morgan fingerprint density at radius 1 is 1.38 bits per heavy atom. The largest absolute Gasteiger partial charge is 0.329 e. The summed E-state index contributed by atoms with van der Waals surface area (Å²) >= 11 is 0. The lowest BCUT2D eigenvalue weighted by Crippen LogP contribution is -2.48. The summed E-state index contributed by atoms with van der Waals surface area (Å²) in [6.45, 7) is 3.61. The number of piperidine rings is 1. The molecule has 1 aromatic carbocycles. The van der Waals surface area contributed by atoms with Crippen LogP contribution >= 0.6 is 0 Å². The molecule has 3 nitrogen and oxygen atoms in total. The molecule has 21 heavy (non-hydrogen) atoms. The molecule has 1 aromatic heterocycles. The van der Waals surface area contributed by atoms with Crippen molar-refractivity contribution in [2.24, 2.45) is 5.73 Å². The van der Waals surface area contributed by atoms with Crippen molar-refractivity contribution in [1.29, 1.82) is 0 Å². The van der Waals surface area contributed by atoms with E-state index < -0.39 is 0 Å². The van der Waals surface area contributed by atoms with Crippen molar-refractivity contribution in [2.75, 3.05) is 6.54 Å². The number of benzene rings is 1. The van der Waals surface area contributed by atoms with Gasteiger partial charge in [-0.3, -0.25) is 9.88 Å². The molecule has 0 spiro atoms. The van der Waals surface area contributed by atoms with Gasteiger partial charge in [0.1, 0.15) is 5.82 Å². The normalized spacial score (nSPS) is 23.6. The molecule has 4 heteroatoms. The summed E-state index contributed by atoms with van der Waals surface area (Å²) in [5.41, 5.74) is 7.77. The lowest BCUT2D eigenvalue weighted by molar-refractivity contribution is 0.0895. The standard InChI is InChI=1S/C17H22FN3/c1-12-4-2-6-16(10-19)21(12)11-14-9-15(18)8-13-5-3-7-20-17(13)14/h3,5,7-9,12,16H,2,4,6,10-11,19H2,1H3. The molecule has 0 saturated carbocycles. The van der Waals surface area contributed by atoms with Gasteiger partial charge in [-0.25, -0.2) is 4.39 Å². The van der Waals surface area contributed by atoms with Gasteiger partial charge in [-0.15, -0.1) is 0 Å². The molecule has 0 amide bonds. The Bertz CT molecular complexity index is 628. The van der Waals surface area contributed by atoms with E-state index in [-0.39, 0.29) is 5.82 Å². The van der Waals surface area contributed by atoms with Gasteiger partial charge in [0.2, 0.25) is 0 Å². The molecule has 2 aromatic rings. The SMILES string of the molecule is CC1CCCC(CN)N1Cc1cc(F)cc2cccnc12. The number of fused-ring (bicyclic) bond motifs is 1. The molecule has 0 aliphatic carbocycles. The molecular weight excluding hydrogens is 265 g/mol. The Hall–Kier alpha value is -1.52. The maximum absolute atomic E-state index is 13.9. The van der Waals surface area contributed by atoms with Crippen molar-refractivity contribution in [3.8, 4) is 0 Å². The zero-order valence-electron chi connectivity index (χ0n) is 12.4. The molecule has 112 valence electrons. The first-order valence-electron chi connectivity index (χ1n) is 7.68. The van der Waals surface area contributed by atoms with Crippen LogP contribution in [0.15, 0.2) is 30.5 Å². The molecule has 0 bridgehead atoms. The van der Waals surface area contributed by atoms with Crippen molar-refractivity contribution >= 4 is 10.9 Å². The van der Waals surface area contributed by atoms with Crippen LogP contribution in [0.1, 0.15) is 31.7 Å². The smallest absolute Gasteiger partial charge is 0.124 e. The number of hydrogen-bond donors (Lipinski definition) is 1. The fourth-order valence-electron chi connectivity index (χ4n) is 3.42. The first kappa shape index (κ1) is 14.4. The minimum absolute atomic E-state index is 0.195. The Kier molecular flexibility index (Phi) is 4.17. The van der Waals surface area contributed by atoms with E-state index in [1.807, 2.05) is 12.1 Å². The summed E-state index contributed by atoms with van der Waals surface area (Å²) in [6, 6.07) is 7.79. The number of rotatable bonds is 3. The van der Waals surface area contributed by atoms with Crippen LogP contribution in [-0.2, 0) is 6.54 Å². The van der Waals surface area contributed by atoms with E-state index in [9.17, 15) is 4.39 Å². The quantitative estimate of drug-likeness (QED) is 0.943. The Morgan fingerprint density at radius 3 is 3.05 bits per heavy atom. The van der Waals surface area contributed by atoms with Crippen molar-refractivity contribution in [3.63, 3.8) is 0 Å². The van der Waals surface area contributed by atoms with E-state index in [0.29, 0.717) is 25.2 Å². The number of likely N-dealkylation sites (tertiary alicyclic amines) is 1. The molecule has 0 radical (unpaired) electrons. The number of aromatic nitrogens is 1. The Morgan fingerprint density at radius 2 is 2.24 bits per heavy atom. The van der Waals surface area contributed by atoms with Gasteiger partial charge in [-0.05, 0) is 43.5 Å². The first-order chi connectivity index (χ1) is 10.2. The molecule has 1 fully saturated rings. The van der Waals surface area contributed by atoms with E-state index in [0.717, 1.165) is 22.9 Å². The third kappa shape index (κ3) is 2.92. The second kappa shape index (κ2) is 6.08. The topological polar surface area (TPSA) is 42.1 Å². The number of halogens is 1. The fraction of sp³-hybridized carbons (Fsp3) is 0.471. The summed E-state index contributed by atoms with van der Waals surface area (Å²) in [6.07, 6.45) is 5.30. The van der Waals surface area contributed by atoms with Gasteiger partial charge >= 0.3 is 0 Å². The summed E-state index contributed by atoms with van der Waals surface area (Å²) in [4.78, 5) is 6.85. The second-order valence-corrected chi connectivity index (χ2v) is 5.98. The first-order valence-corrected chi connectivity index (χ1v) is 7.68. The molecule has 2 unspecified atom stereocenters. The summed E-state index contributed by atoms with van der Waals surface area (Å²) in [5, 5.41) is 0.862. The van der Waals surface area contributed by atoms with Gasteiger partial charge in [0, 0.05) is 36.8 Å². The zero-order chi connectivity index (χ0) is 14.8. The van der Waals surface area contributed by atoms with Crippen molar-refractivity contribution in [2.45, 2.75) is 44.8 Å². The highest BCUT2D eigenvalue weighted by Gasteiger charge is 2.27. The number of nitrogens with zero attached hydrogens (tertiary/aromatic N) is 2. The van der Waals surface area contributed by atoms with Gasteiger partial charge < -0.3 is 5.73 Å².